The number of carboxylic acids is 1. The lowest BCUT2D eigenvalue weighted by molar-refractivity contribution is -0.192. The van der Waals surface area contributed by atoms with Gasteiger partial charge < -0.3 is 10.4 Å². The van der Waals surface area contributed by atoms with Crippen LogP contribution in [0.4, 0.5) is 19.1 Å². The number of hydrogen-bond acceptors (Lipinski definition) is 8. The Kier molecular flexibility index (Phi) is 7.19. The summed E-state index contributed by atoms with van der Waals surface area (Å²) in [5, 5.41) is 9.52. The lowest BCUT2D eigenvalue weighted by Crippen LogP contribution is -2.35. The molecule has 15 heteroatoms. The van der Waals surface area contributed by atoms with Crippen molar-refractivity contribution in [3.63, 3.8) is 0 Å². The average molecular weight is 523 g/mol. The monoisotopic (exact) mass is 522 g/mol. The molecule has 1 aromatic heterocycles. The number of aliphatic carboxylic acids is 1. The first-order valence-electron chi connectivity index (χ1n) is 9.79. The van der Waals surface area contributed by atoms with Gasteiger partial charge in [-0.05, 0) is 5.56 Å². The first kappa shape index (κ1) is 25.8. The maximum atomic E-state index is 12.6. The predicted molar refractivity (Wildman–Crippen MR) is 115 cm³/mol. The van der Waals surface area contributed by atoms with Crippen molar-refractivity contribution in [1.29, 1.82) is 0 Å². The predicted octanol–water partition coefficient (Wildman–Crippen LogP) is 1.38. The van der Waals surface area contributed by atoms with Crippen LogP contribution in [0.2, 0.25) is 0 Å². The second-order valence-corrected chi connectivity index (χ2v) is 12.0. The van der Waals surface area contributed by atoms with Gasteiger partial charge >= 0.3 is 12.1 Å². The van der Waals surface area contributed by atoms with Gasteiger partial charge in [0, 0.05) is 37.3 Å². The Morgan fingerprint density at radius 2 is 1.85 bits per heavy atom. The van der Waals surface area contributed by atoms with Crippen molar-refractivity contribution in [1.82, 2.24) is 14.3 Å². The number of hydrogen-bond donors (Lipinski definition) is 2. The minimum Gasteiger partial charge on any atom is -0.475 e. The number of rotatable bonds is 4. The summed E-state index contributed by atoms with van der Waals surface area (Å²) in [5.41, 5.74) is 2.26. The van der Waals surface area contributed by atoms with Gasteiger partial charge in [0.05, 0.1) is 23.0 Å². The fourth-order valence-electron chi connectivity index (χ4n) is 3.67. The number of sulfonamides is 1. The maximum Gasteiger partial charge on any atom is 0.490 e. The van der Waals surface area contributed by atoms with Crippen LogP contribution in [-0.2, 0) is 37.0 Å². The number of benzene rings is 1. The van der Waals surface area contributed by atoms with Crippen molar-refractivity contribution in [3.8, 4) is 0 Å². The van der Waals surface area contributed by atoms with E-state index in [0.29, 0.717) is 23.8 Å². The van der Waals surface area contributed by atoms with Gasteiger partial charge in [-0.15, -0.1) is 0 Å². The van der Waals surface area contributed by atoms with E-state index in [0.717, 1.165) is 11.8 Å². The number of halogens is 3. The number of nitrogens with one attached hydrogen (secondary N) is 1. The lowest BCUT2D eigenvalue weighted by atomic mass is 10.00. The minimum atomic E-state index is -5.08. The zero-order valence-corrected chi connectivity index (χ0v) is 19.4. The second kappa shape index (κ2) is 9.46. The van der Waals surface area contributed by atoms with E-state index >= 15 is 0 Å². The molecule has 1 saturated heterocycles. The van der Waals surface area contributed by atoms with Crippen LogP contribution in [0.25, 0.3) is 0 Å². The maximum absolute atomic E-state index is 12.6. The average Bonchev–Trinajstić information content (AvgIpc) is 3.21. The molecule has 1 aromatic carbocycles. The molecule has 0 aliphatic carbocycles. The van der Waals surface area contributed by atoms with E-state index in [4.69, 9.17) is 9.90 Å². The van der Waals surface area contributed by atoms with Gasteiger partial charge in [0.15, 0.2) is 9.84 Å². The van der Waals surface area contributed by atoms with Gasteiger partial charge in [0.1, 0.15) is 0 Å². The van der Waals surface area contributed by atoms with E-state index in [9.17, 15) is 30.0 Å². The Labute approximate surface area is 193 Å². The molecule has 2 aromatic rings. The lowest BCUT2D eigenvalue weighted by Gasteiger charge is -2.26. The molecule has 1 fully saturated rings. The van der Waals surface area contributed by atoms with Crippen LogP contribution in [0.3, 0.4) is 0 Å². The Bertz CT molecular complexity index is 1270. The number of aromatic nitrogens is 2. The highest BCUT2D eigenvalue weighted by Gasteiger charge is 2.49. The first-order chi connectivity index (χ1) is 15.7. The fourth-order valence-corrected chi connectivity index (χ4v) is 6.62. The third-order valence-electron chi connectivity index (χ3n) is 5.30. The smallest absolute Gasteiger partial charge is 0.475 e. The third-order valence-corrected chi connectivity index (χ3v) is 8.65. The summed E-state index contributed by atoms with van der Waals surface area (Å²) in [6, 6.07) is 9.79. The molecule has 3 heterocycles. The molecule has 4 rings (SSSR count). The SMILES string of the molecule is CS(=O)(=O)N1C[C@@H]2c3nc(NCc4ccccc4)ncc3CS(=O)(=O)[C@@H]2C1.O=C(O)C(F)(F)F. The highest BCUT2D eigenvalue weighted by molar-refractivity contribution is 7.91. The highest BCUT2D eigenvalue weighted by Crippen LogP contribution is 2.40. The van der Waals surface area contributed by atoms with E-state index in [1.165, 1.54) is 10.5 Å². The molecular weight excluding hydrogens is 501 g/mol. The molecule has 0 unspecified atom stereocenters. The summed E-state index contributed by atoms with van der Waals surface area (Å²) in [6.07, 6.45) is -2.45. The van der Waals surface area contributed by atoms with E-state index in [1.807, 2.05) is 30.3 Å². The topological polar surface area (TPSA) is 147 Å². The molecule has 0 saturated carbocycles. The summed E-state index contributed by atoms with van der Waals surface area (Å²) >= 11 is 0. The number of carboxylic acid groups (broad SMARTS) is 1. The van der Waals surface area contributed by atoms with E-state index in [-0.39, 0.29) is 18.8 Å². The Hall–Kier alpha value is -2.78. The Morgan fingerprint density at radius 3 is 2.41 bits per heavy atom. The highest BCUT2D eigenvalue weighted by atomic mass is 32.2. The number of alkyl halides is 3. The largest absolute Gasteiger partial charge is 0.490 e. The van der Waals surface area contributed by atoms with Gasteiger partial charge in [0.2, 0.25) is 16.0 Å². The summed E-state index contributed by atoms with van der Waals surface area (Å²) in [5.74, 6) is -2.96. The second-order valence-electron chi connectivity index (χ2n) is 7.78. The van der Waals surface area contributed by atoms with Crippen molar-refractivity contribution in [3.05, 3.63) is 53.3 Å². The fraction of sp³-hybridized carbons (Fsp3) is 0.421. The molecule has 34 heavy (non-hydrogen) atoms. The molecule has 0 amide bonds. The van der Waals surface area contributed by atoms with Crippen LogP contribution in [0.15, 0.2) is 36.5 Å². The molecule has 2 aliphatic rings. The van der Waals surface area contributed by atoms with Crippen LogP contribution in [-0.4, -0.2) is 73.0 Å². The molecule has 0 radical (unpaired) electrons. The zero-order chi connectivity index (χ0) is 25.3. The summed E-state index contributed by atoms with van der Waals surface area (Å²) in [7, 11) is -6.90. The van der Waals surface area contributed by atoms with Crippen LogP contribution in [0.1, 0.15) is 22.7 Å². The van der Waals surface area contributed by atoms with Crippen LogP contribution >= 0.6 is 0 Å². The van der Waals surface area contributed by atoms with E-state index in [2.05, 4.69) is 15.3 Å². The summed E-state index contributed by atoms with van der Waals surface area (Å²) < 4.78 is 82.0. The summed E-state index contributed by atoms with van der Waals surface area (Å²) in [6.45, 7) is 0.661. The number of fused-ring (bicyclic) bond motifs is 3. The molecule has 10 nitrogen and oxygen atoms in total. The van der Waals surface area contributed by atoms with E-state index in [1.54, 1.807) is 0 Å². The third kappa shape index (κ3) is 6.01. The van der Waals surface area contributed by atoms with Crippen molar-refractivity contribution in [2.75, 3.05) is 24.7 Å². The van der Waals surface area contributed by atoms with Crippen molar-refractivity contribution >= 4 is 31.8 Å². The van der Waals surface area contributed by atoms with Crippen molar-refractivity contribution in [2.24, 2.45) is 0 Å². The van der Waals surface area contributed by atoms with Gasteiger partial charge in [-0.1, -0.05) is 30.3 Å². The first-order valence-corrected chi connectivity index (χ1v) is 13.4. The van der Waals surface area contributed by atoms with Gasteiger partial charge in [-0.3, -0.25) is 0 Å². The molecule has 2 aliphatic heterocycles. The normalized spacial score (nSPS) is 21.5. The molecular formula is C19H21F3N4O6S2. The van der Waals surface area contributed by atoms with Crippen LogP contribution in [0.5, 0.6) is 0 Å². The number of nitrogens with zero attached hydrogens (tertiary/aromatic N) is 3. The number of carbonyl (C=O) groups is 1. The van der Waals surface area contributed by atoms with E-state index < -0.39 is 43.2 Å². The van der Waals surface area contributed by atoms with Crippen LogP contribution < -0.4 is 5.32 Å². The van der Waals surface area contributed by atoms with Gasteiger partial charge in [-0.25, -0.2) is 35.9 Å². The zero-order valence-electron chi connectivity index (χ0n) is 17.7. The quantitative estimate of drug-likeness (QED) is 0.608. The van der Waals surface area contributed by atoms with Crippen LogP contribution in [0, 0.1) is 0 Å². The standard InChI is InChI=1S/C17H20N4O4S2.C2HF3O2/c1-26(22,23)21-9-14-15(10-21)27(24,25)11-13-8-19-17(20-16(13)14)18-7-12-5-3-2-4-6-12;3-2(4,5)1(6)7/h2-6,8,14-15H,7,9-11H2,1H3,(H,18,19,20);(H,6,7)/t14-,15+;/m0./s1. The number of sulfone groups is 1. The Morgan fingerprint density at radius 1 is 1.24 bits per heavy atom. The molecule has 2 N–H and O–H groups in total. The molecule has 0 spiro atoms. The molecule has 2 atom stereocenters. The number of anilines is 1. The molecule has 186 valence electrons. The summed E-state index contributed by atoms with van der Waals surface area (Å²) in [4.78, 5) is 17.7. The Balaban J connectivity index is 0.000000406. The van der Waals surface area contributed by atoms with Crippen molar-refractivity contribution in [2.45, 2.75) is 29.6 Å². The van der Waals surface area contributed by atoms with Gasteiger partial charge in [-0.2, -0.15) is 13.2 Å². The van der Waals surface area contributed by atoms with Crippen molar-refractivity contribution < 1.29 is 39.9 Å². The minimum absolute atomic E-state index is 0.0119. The van der Waals surface area contributed by atoms with Gasteiger partial charge in [0.25, 0.3) is 0 Å². The molecule has 0 bridgehead atoms.